The van der Waals surface area contributed by atoms with E-state index >= 15 is 0 Å². The molecule has 0 amide bonds. The Labute approximate surface area is 182 Å². The number of aromatic nitrogens is 2. The molecular formula is C23H28N6S. The Bertz CT molecular complexity index is 1060. The van der Waals surface area contributed by atoms with Crippen LogP contribution in [0.5, 0.6) is 0 Å². The van der Waals surface area contributed by atoms with Crippen LogP contribution in [0.1, 0.15) is 11.1 Å². The van der Waals surface area contributed by atoms with E-state index in [1.54, 1.807) is 0 Å². The number of fused-ring (bicyclic) bond motifs is 3. The van der Waals surface area contributed by atoms with E-state index in [-0.39, 0.29) is 0 Å². The second-order valence-electron chi connectivity index (χ2n) is 8.28. The van der Waals surface area contributed by atoms with Crippen LogP contribution in [0.3, 0.4) is 0 Å². The molecule has 0 aliphatic carbocycles. The van der Waals surface area contributed by atoms with Crippen LogP contribution < -0.4 is 15.5 Å². The topological polar surface area (TPSA) is 56.3 Å². The van der Waals surface area contributed by atoms with E-state index in [0.29, 0.717) is 11.3 Å². The van der Waals surface area contributed by atoms with Crippen molar-refractivity contribution in [1.29, 1.82) is 0 Å². The highest BCUT2D eigenvalue weighted by molar-refractivity contribution is 8.00. The van der Waals surface area contributed by atoms with E-state index in [9.17, 15) is 0 Å². The Balaban J connectivity index is 1.43. The number of hydrogen-bond acceptors (Lipinski definition) is 7. The molecule has 0 saturated carbocycles. The van der Waals surface area contributed by atoms with Crippen molar-refractivity contribution < 1.29 is 0 Å². The molecule has 3 heterocycles. The van der Waals surface area contributed by atoms with Crippen LogP contribution in [0.15, 0.2) is 41.4 Å². The molecule has 2 N–H and O–H groups in total. The van der Waals surface area contributed by atoms with Gasteiger partial charge in [-0.1, -0.05) is 17.8 Å². The first-order chi connectivity index (χ1) is 14.6. The average molecular weight is 421 g/mol. The smallest absolute Gasteiger partial charge is 0.227 e. The largest absolute Gasteiger partial charge is 0.360 e. The summed E-state index contributed by atoms with van der Waals surface area (Å²) >= 11 is 1.93. The highest BCUT2D eigenvalue weighted by atomic mass is 32.2. The van der Waals surface area contributed by atoms with Gasteiger partial charge in [0.15, 0.2) is 0 Å². The van der Waals surface area contributed by atoms with Crippen LogP contribution in [-0.2, 0) is 0 Å². The molecule has 7 heteroatoms. The summed E-state index contributed by atoms with van der Waals surface area (Å²) in [6.45, 7) is 9.68. The zero-order chi connectivity index (χ0) is 20.7. The fourth-order valence-corrected chi connectivity index (χ4v) is 5.77. The summed E-state index contributed by atoms with van der Waals surface area (Å²) in [4.78, 5) is 15.7. The number of likely N-dealkylation sites (N-methyl/N-ethyl adjacent to an activating group) is 1. The van der Waals surface area contributed by atoms with E-state index in [4.69, 9.17) is 4.98 Å². The molecule has 1 aromatic heterocycles. The third-order valence-electron chi connectivity index (χ3n) is 5.85. The standard InChI is InChI=1S/C23H28N6S/c1-15-10-16(2)12-18(11-15)26-23-25-13-17-4-5-19-22(21(17)27-23)30-20(28(19)3)14-29-8-6-24-7-9-29/h4-5,10-13,20,24H,6-9,14H2,1-3H3,(H,25,26,27). The van der Waals surface area contributed by atoms with Crippen LogP contribution in [-0.4, -0.2) is 60.0 Å². The molecule has 3 aromatic rings. The highest BCUT2D eigenvalue weighted by Gasteiger charge is 2.31. The van der Waals surface area contributed by atoms with Gasteiger partial charge in [0.2, 0.25) is 5.95 Å². The van der Waals surface area contributed by atoms with E-state index in [1.807, 2.05) is 18.0 Å². The molecule has 156 valence electrons. The van der Waals surface area contributed by atoms with Crippen molar-refractivity contribution in [2.45, 2.75) is 24.1 Å². The summed E-state index contributed by atoms with van der Waals surface area (Å²) in [6.07, 6.45) is 1.93. The Hall–Kier alpha value is -2.35. The molecule has 1 fully saturated rings. The van der Waals surface area contributed by atoms with Crippen LogP contribution >= 0.6 is 11.8 Å². The second-order valence-corrected chi connectivity index (χ2v) is 9.47. The van der Waals surface area contributed by atoms with E-state index < -0.39 is 0 Å². The SMILES string of the molecule is Cc1cc(C)cc(Nc2ncc3ccc4c(c3n2)SC(CN2CCNCC2)N4C)c1. The summed E-state index contributed by atoms with van der Waals surface area (Å²) in [5, 5.41) is 8.33. The zero-order valence-corrected chi connectivity index (χ0v) is 18.6. The van der Waals surface area contributed by atoms with Gasteiger partial charge in [0, 0.05) is 57.0 Å². The summed E-state index contributed by atoms with van der Waals surface area (Å²) in [5.74, 6) is 0.648. The van der Waals surface area contributed by atoms with Crippen molar-refractivity contribution in [3.05, 3.63) is 47.7 Å². The van der Waals surface area contributed by atoms with Gasteiger partial charge in [-0.2, -0.15) is 0 Å². The van der Waals surface area contributed by atoms with Gasteiger partial charge in [0.1, 0.15) is 0 Å². The van der Waals surface area contributed by atoms with E-state index in [0.717, 1.165) is 49.3 Å². The van der Waals surface area contributed by atoms with Gasteiger partial charge in [-0.05, 0) is 49.2 Å². The highest BCUT2D eigenvalue weighted by Crippen LogP contribution is 2.46. The lowest BCUT2D eigenvalue weighted by Crippen LogP contribution is -2.47. The van der Waals surface area contributed by atoms with Crippen LogP contribution in [0.25, 0.3) is 10.9 Å². The lowest BCUT2D eigenvalue weighted by Gasteiger charge is -2.32. The zero-order valence-electron chi connectivity index (χ0n) is 17.8. The first-order valence-corrected chi connectivity index (χ1v) is 11.4. The van der Waals surface area contributed by atoms with Crippen LogP contribution in [0, 0.1) is 13.8 Å². The molecule has 5 rings (SSSR count). The lowest BCUT2D eigenvalue weighted by molar-refractivity contribution is 0.242. The quantitative estimate of drug-likeness (QED) is 0.666. The van der Waals surface area contributed by atoms with Crippen molar-refractivity contribution in [2.24, 2.45) is 0 Å². The Kier molecular flexibility index (Phi) is 5.26. The third kappa shape index (κ3) is 3.85. The van der Waals surface area contributed by atoms with Gasteiger partial charge in [-0.25, -0.2) is 9.97 Å². The number of benzene rings is 2. The molecule has 6 nitrogen and oxygen atoms in total. The summed E-state index contributed by atoms with van der Waals surface area (Å²) in [6, 6.07) is 10.8. The number of thioether (sulfide) groups is 1. The predicted molar refractivity (Wildman–Crippen MR) is 126 cm³/mol. The first-order valence-electron chi connectivity index (χ1n) is 10.5. The van der Waals surface area contributed by atoms with E-state index in [2.05, 4.69) is 76.6 Å². The van der Waals surface area contributed by atoms with Crippen LogP contribution in [0.4, 0.5) is 17.3 Å². The number of hydrogen-bond donors (Lipinski definition) is 2. The third-order valence-corrected chi connectivity index (χ3v) is 7.23. The number of rotatable bonds is 4. The van der Waals surface area contributed by atoms with Crippen molar-refractivity contribution >= 4 is 40.0 Å². The maximum atomic E-state index is 4.92. The minimum absolute atomic E-state index is 0.412. The fraction of sp³-hybridized carbons (Fsp3) is 0.391. The molecule has 0 radical (unpaired) electrons. The van der Waals surface area contributed by atoms with Crippen molar-refractivity contribution in [3.63, 3.8) is 0 Å². The Morgan fingerprint density at radius 2 is 1.90 bits per heavy atom. The number of aryl methyl sites for hydroxylation is 2. The molecule has 0 spiro atoms. The Morgan fingerprint density at radius 1 is 1.13 bits per heavy atom. The van der Waals surface area contributed by atoms with Crippen molar-refractivity contribution in [3.8, 4) is 0 Å². The lowest BCUT2D eigenvalue weighted by atomic mass is 10.1. The Morgan fingerprint density at radius 3 is 2.67 bits per heavy atom. The van der Waals surface area contributed by atoms with Crippen LogP contribution in [0.2, 0.25) is 0 Å². The first kappa shape index (κ1) is 19.6. The van der Waals surface area contributed by atoms with Gasteiger partial charge >= 0.3 is 0 Å². The maximum Gasteiger partial charge on any atom is 0.227 e. The number of nitrogens with one attached hydrogen (secondary N) is 2. The fourth-order valence-electron chi connectivity index (χ4n) is 4.34. The summed E-state index contributed by atoms with van der Waals surface area (Å²) in [5.41, 5.74) is 5.79. The maximum absolute atomic E-state index is 4.92. The molecule has 2 aliphatic heterocycles. The molecule has 1 unspecified atom stereocenters. The number of anilines is 3. The minimum atomic E-state index is 0.412. The molecule has 30 heavy (non-hydrogen) atoms. The monoisotopic (exact) mass is 420 g/mol. The average Bonchev–Trinajstić information content (AvgIpc) is 3.04. The normalized spacial score (nSPS) is 19.3. The van der Waals surface area contributed by atoms with Gasteiger partial charge in [0.05, 0.1) is 21.5 Å². The molecule has 0 bridgehead atoms. The van der Waals surface area contributed by atoms with Crippen molar-refractivity contribution in [1.82, 2.24) is 20.2 Å². The summed E-state index contributed by atoms with van der Waals surface area (Å²) in [7, 11) is 2.20. The molecule has 1 atom stereocenters. The predicted octanol–water partition coefficient (Wildman–Crippen LogP) is 3.76. The minimum Gasteiger partial charge on any atom is -0.360 e. The molecule has 1 saturated heterocycles. The number of nitrogens with zero attached hydrogens (tertiary/aromatic N) is 4. The van der Waals surface area contributed by atoms with Gasteiger partial charge in [0.25, 0.3) is 0 Å². The second kappa shape index (κ2) is 8.06. The number of piperazine rings is 1. The van der Waals surface area contributed by atoms with Gasteiger partial charge in [-0.15, -0.1) is 0 Å². The van der Waals surface area contributed by atoms with Gasteiger partial charge < -0.3 is 15.5 Å². The molecule has 2 aromatic carbocycles. The van der Waals surface area contributed by atoms with Gasteiger partial charge in [-0.3, -0.25) is 4.90 Å². The van der Waals surface area contributed by atoms with Crippen molar-refractivity contribution in [2.75, 3.05) is 50.0 Å². The van der Waals surface area contributed by atoms with E-state index in [1.165, 1.54) is 21.7 Å². The molecular weight excluding hydrogens is 392 g/mol. The summed E-state index contributed by atoms with van der Waals surface area (Å²) < 4.78 is 0. The molecule has 2 aliphatic rings.